The van der Waals surface area contributed by atoms with Crippen molar-refractivity contribution in [1.82, 2.24) is 9.97 Å². The van der Waals surface area contributed by atoms with Gasteiger partial charge >= 0.3 is 0 Å². The van der Waals surface area contributed by atoms with Gasteiger partial charge in [0.25, 0.3) is 5.69 Å². The zero-order valence-electron chi connectivity index (χ0n) is 13.4. The summed E-state index contributed by atoms with van der Waals surface area (Å²) < 4.78 is 11.0. The predicted molar refractivity (Wildman–Crippen MR) is 90.5 cm³/mol. The zero-order chi connectivity index (χ0) is 17.1. The number of nitrogens with one attached hydrogen (secondary N) is 1. The highest BCUT2D eigenvalue weighted by Crippen LogP contribution is 2.32. The Bertz CT molecular complexity index is 889. The van der Waals surface area contributed by atoms with E-state index in [1.165, 1.54) is 12.1 Å². The van der Waals surface area contributed by atoms with Crippen molar-refractivity contribution in [2.75, 3.05) is 13.7 Å². The number of nitro groups is 1. The summed E-state index contributed by atoms with van der Waals surface area (Å²) in [4.78, 5) is 18.0. The Morgan fingerprint density at radius 3 is 2.75 bits per heavy atom. The van der Waals surface area contributed by atoms with Gasteiger partial charge in [-0.25, -0.2) is 4.98 Å². The van der Waals surface area contributed by atoms with Crippen LogP contribution in [0.1, 0.15) is 13.3 Å². The average Bonchev–Trinajstić information content (AvgIpc) is 3.02. The Labute approximate surface area is 138 Å². The summed E-state index contributed by atoms with van der Waals surface area (Å²) in [6.45, 7) is 2.65. The van der Waals surface area contributed by atoms with Crippen LogP contribution in [0.3, 0.4) is 0 Å². The van der Waals surface area contributed by atoms with Gasteiger partial charge in [-0.1, -0.05) is 6.92 Å². The monoisotopic (exact) mass is 327 g/mol. The van der Waals surface area contributed by atoms with E-state index in [9.17, 15) is 10.1 Å². The van der Waals surface area contributed by atoms with Gasteiger partial charge in [-0.2, -0.15) is 0 Å². The third kappa shape index (κ3) is 3.01. The molecule has 3 rings (SSSR count). The van der Waals surface area contributed by atoms with Gasteiger partial charge in [0.05, 0.1) is 29.7 Å². The van der Waals surface area contributed by atoms with Crippen molar-refractivity contribution in [2.24, 2.45) is 0 Å². The van der Waals surface area contributed by atoms with Gasteiger partial charge in [-0.3, -0.25) is 10.1 Å². The number of ether oxygens (including phenoxy) is 2. The lowest BCUT2D eigenvalue weighted by atomic mass is 10.2. The number of hydrogen-bond acceptors (Lipinski definition) is 5. The van der Waals surface area contributed by atoms with Crippen LogP contribution in [0.5, 0.6) is 11.5 Å². The molecule has 1 heterocycles. The minimum Gasteiger partial charge on any atom is -0.493 e. The van der Waals surface area contributed by atoms with E-state index in [-0.39, 0.29) is 5.69 Å². The molecule has 0 aliphatic rings. The van der Waals surface area contributed by atoms with Gasteiger partial charge in [-0.15, -0.1) is 0 Å². The topological polar surface area (TPSA) is 90.3 Å². The number of H-pyrrole nitrogens is 1. The molecule has 1 aromatic heterocycles. The van der Waals surface area contributed by atoms with Crippen LogP contribution in [0.4, 0.5) is 5.69 Å². The number of hydrogen-bond donors (Lipinski definition) is 1. The quantitative estimate of drug-likeness (QED) is 0.547. The largest absolute Gasteiger partial charge is 0.493 e. The van der Waals surface area contributed by atoms with Crippen molar-refractivity contribution in [3.63, 3.8) is 0 Å². The normalized spacial score (nSPS) is 10.8. The van der Waals surface area contributed by atoms with E-state index in [0.717, 1.165) is 12.0 Å². The second-order valence-corrected chi connectivity index (χ2v) is 5.26. The highest BCUT2D eigenvalue weighted by molar-refractivity contribution is 5.81. The minimum atomic E-state index is -0.428. The highest BCUT2D eigenvalue weighted by Gasteiger charge is 2.13. The SMILES string of the molecule is CCCOc1ccc(-c2nc3ccc([N+](=O)[O-])cc3[nH]2)cc1OC. The fourth-order valence-electron chi connectivity index (χ4n) is 2.39. The number of benzene rings is 2. The van der Waals surface area contributed by atoms with Crippen LogP contribution < -0.4 is 9.47 Å². The molecule has 0 amide bonds. The van der Waals surface area contributed by atoms with E-state index in [1.54, 1.807) is 13.2 Å². The molecule has 0 atom stereocenters. The first-order valence-corrected chi connectivity index (χ1v) is 7.57. The minimum absolute atomic E-state index is 0.0265. The number of nitrogens with zero attached hydrogens (tertiary/aromatic N) is 2. The Morgan fingerprint density at radius 2 is 2.04 bits per heavy atom. The molecule has 24 heavy (non-hydrogen) atoms. The number of imidazole rings is 1. The first-order chi connectivity index (χ1) is 11.6. The van der Waals surface area contributed by atoms with Crippen LogP contribution in [0.25, 0.3) is 22.4 Å². The number of non-ortho nitro benzene ring substituents is 1. The molecule has 3 aromatic rings. The van der Waals surface area contributed by atoms with E-state index in [0.29, 0.717) is 35.0 Å². The number of rotatable bonds is 6. The first kappa shape index (κ1) is 15.8. The Hall–Kier alpha value is -3.09. The lowest BCUT2D eigenvalue weighted by Gasteiger charge is -2.10. The second-order valence-electron chi connectivity index (χ2n) is 5.26. The molecule has 0 saturated heterocycles. The van der Waals surface area contributed by atoms with Crippen LogP contribution in [-0.4, -0.2) is 28.6 Å². The third-order valence-corrected chi connectivity index (χ3v) is 3.58. The van der Waals surface area contributed by atoms with Gasteiger partial charge in [-0.05, 0) is 30.7 Å². The fraction of sp³-hybridized carbons (Fsp3) is 0.235. The highest BCUT2D eigenvalue weighted by atomic mass is 16.6. The summed E-state index contributed by atoms with van der Waals surface area (Å²) in [6.07, 6.45) is 0.910. The number of aromatic nitrogens is 2. The van der Waals surface area contributed by atoms with Gasteiger partial charge < -0.3 is 14.5 Å². The third-order valence-electron chi connectivity index (χ3n) is 3.58. The summed E-state index contributed by atoms with van der Waals surface area (Å²) in [5.74, 6) is 1.91. The molecule has 0 aliphatic carbocycles. The molecule has 124 valence electrons. The summed E-state index contributed by atoms with van der Waals surface area (Å²) in [5, 5.41) is 10.9. The molecular weight excluding hydrogens is 310 g/mol. The maximum absolute atomic E-state index is 10.9. The van der Waals surface area contributed by atoms with Crippen LogP contribution in [-0.2, 0) is 0 Å². The van der Waals surface area contributed by atoms with E-state index in [2.05, 4.69) is 9.97 Å². The van der Waals surface area contributed by atoms with Crippen molar-refractivity contribution in [3.8, 4) is 22.9 Å². The van der Waals surface area contributed by atoms with Gasteiger partial charge in [0, 0.05) is 17.7 Å². The van der Waals surface area contributed by atoms with E-state index in [4.69, 9.17) is 9.47 Å². The molecule has 0 aliphatic heterocycles. The molecule has 0 radical (unpaired) electrons. The van der Waals surface area contributed by atoms with Crippen molar-refractivity contribution >= 4 is 16.7 Å². The molecular formula is C17H17N3O4. The Kier molecular flexibility index (Phi) is 4.33. The van der Waals surface area contributed by atoms with E-state index >= 15 is 0 Å². The fourth-order valence-corrected chi connectivity index (χ4v) is 2.39. The molecule has 2 aromatic carbocycles. The van der Waals surface area contributed by atoms with Gasteiger partial charge in [0.1, 0.15) is 5.82 Å². The zero-order valence-corrected chi connectivity index (χ0v) is 13.4. The lowest BCUT2D eigenvalue weighted by molar-refractivity contribution is -0.384. The van der Waals surface area contributed by atoms with Gasteiger partial charge in [0.2, 0.25) is 0 Å². The molecule has 7 nitrogen and oxygen atoms in total. The van der Waals surface area contributed by atoms with Crippen molar-refractivity contribution in [3.05, 3.63) is 46.5 Å². The standard InChI is InChI=1S/C17H17N3O4/c1-3-8-24-15-7-4-11(9-16(15)23-2)17-18-13-6-5-12(20(21)22)10-14(13)19-17/h4-7,9-10H,3,8H2,1-2H3,(H,18,19). The summed E-state index contributed by atoms with van der Waals surface area (Å²) >= 11 is 0. The smallest absolute Gasteiger partial charge is 0.271 e. The molecule has 0 saturated carbocycles. The lowest BCUT2D eigenvalue weighted by Crippen LogP contribution is -1.98. The van der Waals surface area contributed by atoms with Crippen LogP contribution in [0.15, 0.2) is 36.4 Å². The number of aromatic amines is 1. The predicted octanol–water partition coefficient (Wildman–Crippen LogP) is 3.94. The van der Waals surface area contributed by atoms with Gasteiger partial charge in [0.15, 0.2) is 11.5 Å². The van der Waals surface area contributed by atoms with Crippen LogP contribution >= 0.6 is 0 Å². The Morgan fingerprint density at radius 1 is 1.21 bits per heavy atom. The maximum atomic E-state index is 10.9. The second kappa shape index (κ2) is 6.57. The molecule has 0 unspecified atom stereocenters. The van der Waals surface area contributed by atoms with E-state index in [1.807, 2.05) is 25.1 Å². The Balaban J connectivity index is 1.98. The van der Waals surface area contributed by atoms with Crippen molar-refractivity contribution in [2.45, 2.75) is 13.3 Å². The molecule has 1 N–H and O–H groups in total. The van der Waals surface area contributed by atoms with Crippen LogP contribution in [0, 0.1) is 10.1 Å². The summed E-state index contributed by atoms with van der Waals surface area (Å²) in [5.41, 5.74) is 2.12. The van der Waals surface area contributed by atoms with Crippen LogP contribution in [0.2, 0.25) is 0 Å². The molecule has 0 bridgehead atoms. The molecule has 0 spiro atoms. The molecule has 0 fully saturated rings. The number of nitro benzene ring substituents is 1. The maximum Gasteiger partial charge on any atom is 0.271 e. The van der Waals surface area contributed by atoms with E-state index < -0.39 is 4.92 Å². The summed E-state index contributed by atoms with van der Waals surface area (Å²) in [6, 6.07) is 10.1. The molecule has 7 heteroatoms. The van der Waals surface area contributed by atoms with Crippen molar-refractivity contribution in [1.29, 1.82) is 0 Å². The number of methoxy groups -OCH3 is 1. The average molecular weight is 327 g/mol. The summed E-state index contributed by atoms with van der Waals surface area (Å²) in [7, 11) is 1.58. The number of fused-ring (bicyclic) bond motifs is 1. The van der Waals surface area contributed by atoms with Crippen molar-refractivity contribution < 1.29 is 14.4 Å². The first-order valence-electron chi connectivity index (χ1n) is 7.57.